The van der Waals surface area contributed by atoms with E-state index in [-0.39, 0.29) is 6.04 Å². The van der Waals surface area contributed by atoms with Crippen LogP contribution in [0.2, 0.25) is 0 Å². The molecule has 0 aliphatic rings. The predicted octanol–water partition coefficient (Wildman–Crippen LogP) is 1.17. The Morgan fingerprint density at radius 2 is 2.00 bits per heavy atom. The van der Waals surface area contributed by atoms with Crippen LogP contribution in [0.4, 0.5) is 0 Å². The largest absolute Gasteiger partial charge is 0.326 e. The summed E-state index contributed by atoms with van der Waals surface area (Å²) in [5, 5.41) is 3.24. The van der Waals surface area contributed by atoms with Crippen molar-refractivity contribution in [2.24, 2.45) is 5.73 Å². The van der Waals surface area contributed by atoms with E-state index in [1.807, 2.05) is 6.07 Å². The molecule has 3 N–H and O–H groups in total. The van der Waals surface area contributed by atoms with E-state index in [0.29, 0.717) is 0 Å². The highest BCUT2D eigenvalue weighted by molar-refractivity contribution is 5.15. The molecular weight excluding hydrogens is 160 g/mol. The Hall–Kier alpha value is -0.860. The van der Waals surface area contributed by atoms with Crippen LogP contribution >= 0.6 is 0 Å². The number of benzene rings is 1. The Morgan fingerprint density at radius 1 is 1.31 bits per heavy atom. The van der Waals surface area contributed by atoms with Gasteiger partial charge >= 0.3 is 0 Å². The minimum Gasteiger partial charge on any atom is -0.326 e. The fraction of sp³-hybridized carbons (Fsp3) is 0.455. The van der Waals surface area contributed by atoms with E-state index in [1.165, 1.54) is 5.56 Å². The zero-order valence-corrected chi connectivity index (χ0v) is 8.16. The summed E-state index contributed by atoms with van der Waals surface area (Å²) in [5.41, 5.74) is 7.24. The van der Waals surface area contributed by atoms with E-state index in [2.05, 4.69) is 36.5 Å². The zero-order chi connectivity index (χ0) is 9.52. The number of nitrogens with one attached hydrogen (secondary N) is 1. The monoisotopic (exact) mass is 178 g/mol. The number of rotatable bonds is 5. The average molecular weight is 178 g/mol. The fourth-order valence-electron chi connectivity index (χ4n) is 1.32. The fourth-order valence-corrected chi connectivity index (χ4v) is 1.32. The standard InChI is InChI=1S/C11H18N2/c1-2-13-9-11(12)8-10-6-4-3-5-7-10/h3-7,11,13H,2,8-9,12H2,1H3/t11-/m0/s1. The van der Waals surface area contributed by atoms with Crippen molar-refractivity contribution in [3.05, 3.63) is 35.9 Å². The van der Waals surface area contributed by atoms with Gasteiger partial charge in [0.2, 0.25) is 0 Å². The Bertz CT molecular complexity index is 221. The molecule has 0 aliphatic heterocycles. The molecule has 2 nitrogen and oxygen atoms in total. The molecule has 0 spiro atoms. The van der Waals surface area contributed by atoms with Gasteiger partial charge in [0.15, 0.2) is 0 Å². The number of likely N-dealkylation sites (N-methyl/N-ethyl adjacent to an activating group) is 1. The molecule has 1 aromatic rings. The van der Waals surface area contributed by atoms with Gasteiger partial charge in [-0.15, -0.1) is 0 Å². The van der Waals surface area contributed by atoms with Gasteiger partial charge in [-0.05, 0) is 18.5 Å². The molecule has 0 unspecified atom stereocenters. The van der Waals surface area contributed by atoms with Crippen LogP contribution in [0, 0.1) is 0 Å². The first-order chi connectivity index (χ1) is 6.33. The quantitative estimate of drug-likeness (QED) is 0.710. The van der Waals surface area contributed by atoms with E-state index < -0.39 is 0 Å². The van der Waals surface area contributed by atoms with Crippen molar-refractivity contribution < 1.29 is 0 Å². The van der Waals surface area contributed by atoms with Crippen molar-refractivity contribution in [2.75, 3.05) is 13.1 Å². The van der Waals surface area contributed by atoms with Crippen molar-refractivity contribution in [3.8, 4) is 0 Å². The van der Waals surface area contributed by atoms with E-state index in [9.17, 15) is 0 Å². The van der Waals surface area contributed by atoms with Crippen LogP contribution in [-0.4, -0.2) is 19.1 Å². The van der Waals surface area contributed by atoms with Crippen LogP contribution in [0.5, 0.6) is 0 Å². The predicted molar refractivity (Wildman–Crippen MR) is 56.7 cm³/mol. The van der Waals surface area contributed by atoms with Gasteiger partial charge in [0.25, 0.3) is 0 Å². The van der Waals surface area contributed by atoms with E-state index in [0.717, 1.165) is 19.5 Å². The summed E-state index contributed by atoms with van der Waals surface area (Å²) in [5.74, 6) is 0. The van der Waals surface area contributed by atoms with Crippen LogP contribution < -0.4 is 11.1 Å². The van der Waals surface area contributed by atoms with Crippen molar-refractivity contribution in [2.45, 2.75) is 19.4 Å². The van der Waals surface area contributed by atoms with Crippen LogP contribution in [0.25, 0.3) is 0 Å². The molecule has 2 heteroatoms. The molecule has 0 bridgehead atoms. The maximum Gasteiger partial charge on any atom is 0.0206 e. The number of hydrogen-bond donors (Lipinski definition) is 2. The second-order valence-electron chi connectivity index (χ2n) is 3.26. The SMILES string of the molecule is CCNC[C@@H](N)Cc1ccccc1. The number of nitrogens with two attached hydrogens (primary N) is 1. The highest BCUT2D eigenvalue weighted by Crippen LogP contribution is 2.00. The van der Waals surface area contributed by atoms with Gasteiger partial charge in [0, 0.05) is 12.6 Å². The lowest BCUT2D eigenvalue weighted by Gasteiger charge is -2.11. The van der Waals surface area contributed by atoms with Gasteiger partial charge in [-0.2, -0.15) is 0 Å². The van der Waals surface area contributed by atoms with E-state index in [1.54, 1.807) is 0 Å². The molecule has 1 aromatic carbocycles. The molecular formula is C11H18N2. The summed E-state index contributed by atoms with van der Waals surface area (Å²) >= 11 is 0. The van der Waals surface area contributed by atoms with Gasteiger partial charge in [-0.3, -0.25) is 0 Å². The molecule has 1 atom stereocenters. The third-order valence-corrected chi connectivity index (χ3v) is 2.00. The van der Waals surface area contributed by atoms with Crippen molar-refractivity contribution in [1.82, 2.24) is 5.32 Å². The molecule has 0 saturated carbocycles. The average Bonchev–Trinajstić information content (AvgIpc) is 2.16. The van der Waals surface area contributed by atoms with Crippen LogP contribution in [0.15, 0.2) is 30.3 Å². The first-order valence-corrected chi connectivity index (χ1v) is 4.83. The molecule has 13 heavy (non-hydrogen) atoms. The zero-order valence-electron chi connectivity index (χ0n) is 8.16. The summed E-state index contributed by atoms with van der Waals surface area (Å²) in [6, 6.07) is 10.6. The van der Waals surface area contributed by atoms with Crippen molar-refractivity contribution >= 4 is 0 Å². The first-order valence-electron chi connectivity index (χ1n) is 4.83. The normalized spacial score (nSPS) is 12.8. The molecule has 0 aliphatic carbocycles. The highest BCUT2D eigenvalue weighted by atomic mass is 14.9. The van der Waals surface area contributed by atoms with Gasteiger partial charge in [0.05, 0.1) is 0 Å². The molecule has 0 heterocycles. The summed E-state index contributed by atoms with van der Waals surface area (Å²) < 4.78 is 0. The summed E-state index contributed by atoms with van der Waals surface area (Å²) in [4.78, 5) is 0. The molecule has 0 aromatic heterocycles. The van der Waals surface area contributed by atoms with Crippen molar-refractivity contribution in [3.63, 3.8) is 0 Å². The van der Waals surface area contributed by atoms with Gasteiger partial charge < -0.3 is 11.1 Å². The number of hydrogen-bond acceptors (Lipinski definition) is 2. The van der Waals surface area contributed by atoms with Crippen LogP contribution in [0.1, 0.15) is 12.5 Å². The lowest BCUT2D eigenvalue weighted by molar-refractivity contribution is 0.587. The van der Waals surface area contributed by atoms with E-state index >= 15 is 0 Å². The second-order valence-corrected chi connectivity index (χ2v) is 3.26. The summed E-state index contributed by atoms with van der Waals surface area (Å²) in [7, 11) is 0. The Kier molecular flexibility index (Phi) is 4.50. The third kappa shape index (κ3) is 4.06. The molecule has 1 rings (SSSR count). The lowest BCUT2D eigenvalue weighted by Crippen LogP contribution is -2.35. The Morgan fingerprint density at radius 3 is 2.62 bits per heavy atom. The summed E-state index contributed by atoms with van der Waals surface area (Å²) in [6.07, 6.45) is 0.952. The van der Waals surface area contributed by atoms with Crippen molar-refractivity contribution in [1.29, 1.82) is 0 Å². The minimum absolute atomic E-state index is 0.224. The van der Waals surface area contributed by atoms with Gasteiger partial charge in [0.1, 0.15) is 0 Å². The molecule has 0 radical (unpaired) electrons. The Balaban J connectivity index is 2.32. The Labute approximate surface area is 80.1 Å². The summed E-state index contributed by atoms with van der Waals surface area (Å²) in [6.45, 7) is 3.98. The van der Waals surface area contributed by atoms with Gasteiger partial charge in [-0.25, -0.2) is 0 Å². The topological polar surface area (TPSA) is 38.0 Å². The maximum atomic E-state index is 5.93. The highest BCUT2D eigenvalue weighted by Gasteiger charge is 2.01. The van der Waals surface area contributed by atoms with E-state index in [4.69, 9.17) is 5.73 Å². The van der Waals surface area contributed by atoms with Crippen LogP contribution in [0.3, 0.4) is 0 Å². The second kappa shape index (κ2) is 5.73. The third-order valence-electron chi connectivity index (χ3n) is 2.00. The lowest BCUT2D eigenvalue weighted by atomic mass is 10.1. The molecule has 72 valence electrons. The maximum absolute atomic E-state index is 5.93. The molecule has 0 amide bonds. The van der Waals surface area contributed by atoms with Crippen LogP contribution in [-0.2, 0) is 6.42 Å². The van der Waals surface area contributed by atoms with Gasteiger partial charge in [-0.1, -0.05) is 37.3 Å². The minimum atomic E-state index is 0.224. The smallest absolute Gasteiger partial charge is 0.0206 e. The molecule has 0 saturated heterocycles. The first kappa shape index (κ1) is 10.2. The molecule has 0 fully saturated rings.